The van der Waals surface area contributed by atoms with Gasteiger partial charge in [0.05, 0.1) is 28.6 Å². The van der Waals surface area contributed by atoms with Crippen LogP contribution in [-0.4, -0.2) is 28.3 Å². The molecule has 0 atom stereocenters. The van der Waals surface area contributed by atoms with Crippen LogP contribution in [0.15, 0.2) is 53.9 Å². The number of imidazole rings is 1. The SMILES string of the molecule is COc1ccc(-n2ccnc2SCC(=O)Nc2cc(Cl)c(N)c(Cl)c2)cc1. The lowest BCUT2D eigenvalue weighted by molar-refractivity contribution is -0.113. The summed E-state index contributed by atoms with van der Waals surface area (Å²) in [6.45, 7) is 0. The number of halogens is 2. The van der Waals surface area contributed by atoms with E-state index < -0.39 is 0 Å². The van der Waals surface area contributed by atoms with Crippen LogP contribution in [0.25, 0.3) is 5.69 Å². The molecule has 9 heteroatoms. The van der Waals surface area contributed by atoms with Crippen molar-refractivity contribution in [1.29, 1.82) is 0 Å². The number of nitrogens with two attached hydrogens (primary N) is 1. The molecular weight excluding hydrogens is 407 g/mol. The molecule has 6 nitrogen and oxygen atoms in total. The van der Waals surface area contributed by atoms with Crippen molar-refractivity contribution in [2.45, 2.75) is 5.16 Å². The van der Waals surface area contributed by atoms with Gasteiger partial charge in [0.2, 0.25) is 5.91 Å². The largest absolute Gasteiger partial charge is 0.497 e. The Morgan fingerprint density at radius 2 is 1.93 bits per heavy atom. The van der Waals surface area contributed by atoms with E-state index in [9.17, 15) is 4.79 Å². The molecule has 0 aliphatic rings. The third-order valence-corrected chi connectivity index (χ3v) is 5.24. The Kier molecular flexibility index (Phi) is 6.15. The van der Waals surface area contributed by atoms with Crippen LogP contribution >= 0.6 is 35.0 Å². The molecule has 3 rings (SSSR count). The Morgan fingerprint density at radius 3 is 2.56 bits per heavy atom. The summed E-state index contributed by atoms with van der Waals surface area (Å²) in [7, 11) is 1.62. The molecule has 3 aromatic rings. The topological polar surface area (TPSA) is 82.2 Å². The van der Waals surface area contributed by atoms with E-state index in [-0.39, 0.29) is 17.3 Å². The number of thioether (sulfide) groups is 1. The van der Waals surface area contributed by atoms with Gasteiger partial charge in [-0.15, -0.1) is 0 Å². The Labute approximate surface area is 170 Å². The van der Waals surface area contributed by atoms with Crippen molar-refractivity contribution in [3.8, 4) is 11.4 Å². The zero-order valence-electron chi connectivity index (χ0n) is 14.3. The molecule has 1 aromatic heterocycles. The number of amides is 1. The van der Waals surface area contributed by atoms with Gasteiger partial charge in [-0.05, 0) is 36.4 Å². The number of carbonyl (C=O) groups is 1. The van der Waals surface area contributed by atoms with Crippen LogP contribution in [-0.2, 0) is 4.79 Å². The third-order valence-electron chi connectivity index (χ3n) is 3.65. The van der Waals surface area contributed by atoms with Crippen LogP contribution in [0.5, 0.6) is 5.75 Å². The zero-order valence-corrected chi connectivity index (χ0v) is 16.6. The first-order chi connectivity index (χ1) is 13.0. The van der Waals surface area contributed by atoms with Crippen LogP contribution in [0, 0.1) is 0 Å². The summed E-state index contributed by atoms with van der Waals surface area (Å²) < 4.78 is 7.06. The molecule has 3 N–H and O–H groups in total. The molecule has 0 radical (unpaired) electrons. The van der Waals surface area contributed by atoms with Gasteiger partial charge in [0.25, 0.3) is 0 Å². The summed E-state index contributed by atoms with van der Waals surface area (Å²) in [5.41, 5.74) is 7.39. The molecule has 27 heavy (non-hydrogen) atoms. The first-order valence-electron chi connectivity index (χ1n) is 7.83. The Hall–Kier alpha value is -2.35. The molecular formula is C18H16Cl2N4O2S. The second kappa shape index (κ2) is 8.56. The molecule has 0 spiro atoms. The molecule has 0 aliphatic heterocycles. The van der Waals surface area contributed by atoms with E-state index >= 15 is 0 Å². The highest BCUT2D eigenvalue weighted by molar-refractivity contribution is 7.99. The molecule has 0 unspecified atom stereocenters. The van der Waals surface area contributed by atoms with Gasteiger partial charge in [0.1, 0.15) is 5.75 Å². The number of anilines is 2. The molecule has 1 amide bonds. The van der Waals surface area contributed by atoms with E-state index in [0.717, 1.165) is 11.4 Å². The summed E-state index contributed by atoms with van der Waals surface area (Å²) in [6.07, 6.45) is 3.52. The van der Waals surface area contributed by atoms with Gasteiger partial charge < -0.3 is 15.8 Å². The van der Waals surface area contributed by atoms with E-state index in [1.807, 2.05) is 35.0 Å². The first kappa shape index (κ1) is 19.4. The lowest BCUT2D eigenvalue weighted by Crippen LogP contribution is -2.14. The lowest BCUT2D eigenvalue weighted by atomic mass is 10.3. The number of benzene rings is 2. The monoisotopic (exact) mass is 422 g/mol. The Bertz CT molecular complexity index is 937. The van der Waals surface area contributed by atoms with E-state index in [1.165, 1.54) is 11.8 Å². The van der Waals surface area contributed by atoms with Crippen molar-refractivity contribution in [3.63, 3.8) is 0 Å². The number of methoxy groups -OCH3 is 1. The van der Waals surface area contributed by atoms with Crippen LogP contribution in [0.3, 0.4) is 0 Å². The van der Waals surface area contributed by atoms with Crippen LogP contribution < -0.4 is 15.8 Å². The molecule has 2 aromatic carbocycles. The normalized spacial score (nSPS) is 10.6. The second-order valence-electron chi connectivity index (χ2n) is 5.47. The number of carbonyl (C=O) groups excluding carboxylic acids is 1. The summed E-state index contributed by atoms with van der Waals surface area (Å²) in [5, 5.41) is 4.03. The number of hydrogen-bond acceptors (Lipinski definition) is 5. The average Bonchev–Trinajstić information content (AvgIpc) is 3.13. The predicted molar refractivity (Wildman–Crippen MR) is 110 cm³/mol. The van der Waals surface area contributed by atoms with E-state index in [2.05, 4.69) is 10.3 Å². The average molecular weight is 423 g/mol. The van der Waals surface area contributed by atoms with Gasteiger partial charge >= 0.3 is 0 Å². The maximum absolute atomic E-state index is 12.2. The Balaban J connectivity index is 1.65. The van der Waals surface area contributed by atoms with Gasteiger partial charge in [0.15, 0.2) is 5.16 Å². The highest BCUT2D eigenvalue weighted by Crippen LogP contribution is 2.31. The summed E-state index contributed by atoms with van der Waals surface area (Å²) >= 11 is 13.3. The maximum atomic E-state index is 12.2. The molecule has 0 bridgehead atoms. The fourth-order valence-electron chi connectivity index (χ4n) is 2.32. The van der Waals surface area contributed by atoms with E-state index in [0.29, 0.717) is 20.9 Å². The smallest absolute Gasteiger partial charge is 0.234 e. The molecule has 140 valence electrons. The predicted octanol–water partition coefficient (Wildman–Crippen LogP) is 4.50. The zero-order chi connectivity index (χ0) is 19.4. The van der Waals surface area contributed by atoms with Crippen LogP contribution in [0.2, 0.25) is 10.0 Å². The minimum absolute atomic E-state index is 0.173. The number of nitrogens with zero attached hydrogens (tertiary/aromatic N) is 2. The fourth-order valence-corrected chi connectivity index (χ4v) is 3.58. The van der Waals surface area contributed by atoms with Crippen molar-refractivity contribution in [2.75, 3.05) is 23.9 Å². The number of aromatic nitrogens is 2. The summed E-state index contributed by atoms with van der Waals surface area (Å²) in [6, 6.07) is 10.7. The molecule has 1 heterocycles. The minimum atomic E-state index is -0.207. The van der Waals surface area contributed by atoms with Crippen molar-refractivity contribution in [1.82, 2.24) is 9.55 Å². The number of rotatable bonds is 6. The van der Waals surface area contributed by atoms with Crippen LogP contribution in [0.4, 0.5) is 11.4 Å². The number of nitrogens with one attached hydrogen (secondary N) is 1. The van der Waals surface area contributed by atoms with Gasteiger partial charge in [-0.2, -0.15) is 0 Å². The first-order valence-corrected chi connectivity index (χ1v) is 9.57. The molecule has 0 aliphatic carbocycles. The number of hydrogen-bond donors (Lipinski definition) is 2. The van der Waals surface area contributed by atoms with E-state index in [1.54, 1.807) is 25.4 Å². The third kappa shape index (κ3) is 4.68. The number of nitrogen functional groups attached to an aromatic ring is 1. The maximum Gasteiger partial charge on any atom is 0.234 e. The van der Waals surface area contributed by atoms with Crippen molar-refractivity contribution < 1.29 is 9.53 Å². The van der Waals surface area contributed by atoms with Gasteiger partial charge in [-0.25, -0.2) is 4.98 Å². The highest BCUT2D eigenvalue weighted by atomic mass is 35.5. The molecule has 0 saturated heterocycles. The second-order valence-corrected chi connectivity index (χ2v) is 7.23. The standard InChI is InChI=1S/C18H16Cl2N4O2S/c1-26-13-4-2-12(3-5-13)24-7-6-22-18(24)27-10-16(25)23-11-8-14(19)17(21)15(20)9-11/h2-9H,10,21H2,1H3,(H,23,25). The van der Waals surface area contributed by atoms with Crippen LogP contribution in [0.1, 0.15) is 0 Å². The molecule has 0 fully saturated rings. The lowest BCUT2D eigenvalue weighted by Gasteiger charge is -2.10. The Morgan fingerprint density at radius 1 is 1.26 bits per heavy atom. The quantitative estimate of drug-likeness (QED) is 0.451. The van der Waals surface area contributed by atoms with Crippen molar-refractivity contribution in [3.05, 3.63) is 58.8 Å². The minimum Gasteiger partial charge on any atom is -0.497 e. The fraction of sp³-hybridized carbons (Fsp3) is 0.111. The number of ether oxygens (including phenoxy) is 1. The van der Waals surface area contributed by atoms with Gasteiger partial charge in [-0.3, -0.25) is 9.36 Å². The summed E-state index contributed by atoms with van der Waals surface area (Å²) in [5.74, 6) is 0.738. The van der Waals surface area contributed by atoms with Crippen molar-refractivity contribution >= 4 is 52.2 Å². The van der Waals surface area contributed by atoms with E-state index in [4.69, 9.17) is 33.7 Å². The summed E-state index contributed by atoms with van der Waals surface area (Å²) in [4.78, 5) is 16.6. The van der Waals surface area contributed by atoms with Crippen molar-refractivity contribution in [2.24, 2.45) is 0 Å². The highest BCUT2D eigenvalue weighted by Gasteiger charge is 2.11. The van der Waals surface area contributed by atoms with Gasteiger partial charge in [0, 0.05) is 23.8 Å². The van der Waals surface area contributed by atoms with Gasteiger partial charge in [-0.1, -0.05) is 35.0 Å². The molecule has 0 saturated carbocycles.